The van der Waals surface area contributed by atoms with Gasteiger partial charge in [-0.15, -0.1) is 11.8 Å². The van der Waals surface area contributed by atoms with Crippen molar-refractivity contribution >= 4 is 35.3 Å². The van der Waals surface area contributed by atoms with Crippen LogP contribution in [0.25, 0.3) is 0 Å². The molecule has 114 valence electrons. The van der Waals surface area contributed by atoms with Gasteiger partial charge in [0.25, 0.3) is 0 Å². The van der Waals surface area contributed by atoms with Gasteiger partial charge in [0.2, 0.25) is 5.91 Å². The van der Waals surface area contributed by atoms with Crippen molar-refractivity contribution in [2.45, 2.75) is 42.1 Å². The molecule has 2 heterocycles. The highest BCUT2D eigenvalue weighted by molar-refractivity contribution is 8.00. The summed E-state index contributed by atoms with van der Waals surface area (Å²) in [7, 11) is 0. The highest BCUT2D eigenvalue weighted by Crippen LogP contribution is 2.36. The zero-order chi connectivity index (χ0) is 14.6. The number of carbonyl (C=O) groups is 1. The molecule has 2 fully saturated rings. The molecular formula is C13H23N3O2S2. The smallest absolute Gasteiger partial charge is 0.235 e. The van der Waals surface area contributed by atoms with Crippen LogP contribution in [0.2, 0.25) is 0 Å². The molecule has 0 aliphatic carbocycles. The second-order valence-electron chi connectivity index (χ2n) is 5.36. The second kappa shape index (κ2) is 6.93. The Labute approximate surface area is 128 Å². The molecular weight excluding hydrogens is 294 g/mol. The number of nitrogens with zero attached hydrogens (tertiary/aromatic N) is 2. The van der Waals surface area contributed by atoms with E-state index in [-0.39, 0.29) is 21.7 Å². The minimum atomic E-state index is -0.314. The summed E-state index contributed by atoms with van der Waals surface area (Å²) in [6.07, 6.45) is 6.89. The van der Waals surface area contributed by atoms with Gasteiger partial charge >= 0.3 is 0 Å². The molecule has 1 amide bonds. The lowest BCUT2D eigenvalue weighted by Gasteiger charge is -2.41. The first kappa shape index (κ1) is 15.8. The van der Waals surface area contributed by atoms with E-state index in [0.29, 0.717) is 13.1 Å². The third-order valence-electron chi connectivity index (χ3n) is 4.30. The predicted molar refractivity (Wildman–Crippen MR) is 85.6 cm³/mol. The molecule has 3 N–H and O–H groups in total. The minimum Gasteiger partial charge on any atom is -0.409 e. The fourth-order valence-corrected chi connectivity index (χ4v) is 5.00. The molecule has 1 atom stereocenters. The van der Waals surface area contributed by atoms with E-state index in [4.69, 9.17) is 10.9 Å². The molecule has 0 spiro atoms. The number of hydrogen-bond donors (Lipinski definition) is 2. The van der Waals surface area contributed by atoms with Crippen LogP contribution in [0.1, 0.15) is 32.1 Å². The van der Waals surface area contributed by atoms with Crippen LogP contribution >= 0.6 is 23.5 Å². The van der Waals surface area contributed by atoms with E-state index in [2.05, 4.69) is 5.16 Å². The summed E-state index contributed by atoms with van der Waals surface area (Å²) in [4.78, 5) is 14.4. The molecule has 1 unspecified atom stereocenters. The number of hydrogen-bond acceptors (Lipinski definition) is 5. The Kier molecular flexibility index (Phi) is 5.49. The van der Waals surface area contributed by atoms with Crippen LogP contribution in [0.4, 0.5) is 0 Å². The molecule has 0 aromatic rings. The van der Waals surface area contributed by atoms with Gasteiger partial charge < -0.3 is 15.8 Å². The monoisotopic (exact) mass is 317 g/mol. The number of thioether (sulfide) groups is 2. The van der Waals surface area contributed by atoms with Gasteiger partial charge in [0.15, 0.2) is 5.84 Å². The van der Waals surface area contributed by atoms with Crippen LogP contribution in [0.3, 0.4) is 0 Å². The summed E-state index contributed by atoms with van der Waals surface area (Å²) < 4.78 is -0.314. The standard InChI is InChI=1S/C13H23N3O2S2/c1-19-13(12(14)15-18)5-7-16(8-6-13)11(17)10-4-2-3-9-20-10/h10,18H,2-9H2,1H3,(H2,14,15). The SMILES string of the molecule is CSC1(C(N)=NO)CCN(C(=O)C2CCCCS2)CC1. The van der Waals surface area contributed by atoms with E-state index in [1.54, 1.807) is 23.5 Å². The summed E-state index contributed by atoms with van der Waals surface area (Å²) in [6, 6.07) is 0. The largest absolute Gasteiger partial charge is 0.409 e. The number of likely N-dealkylation sites (tertiary alicyclic amines) is 1. The maximum atomic E-state index is 12.5. The van der Waals surface area contributed by atoms with E-state index < -0.39 is 0 Å². The number of amides is 1. The molecule has 0 aromatic carbocycles. The van der Waals surface area contributed by atoms with E-state index in [1.165, 1.54) is 6.42 Å². The Morgan fingerprint density at radius 1 is 1.45 bits per heavy atom. The van der Waals surface area contributed by atoms with Gasteiger partial charge in [0.1, 0.15) is 0 Å². The maximum absolute atomic E-state index is 12.5. The third-order valence-corrected chi connectivity index (χ3v) is 7.07. The Morgan fingerprint density at radius 2 is 2.15 bits per heavy atom. The minimum absolute atomic E-state index is 0.148. The van der Waals surface area contributed by atoms with Gasteiger partial charge in [-0.1, -0.05) is 11.6 Å². The summed E-state index contributed by atoms with van der Waals surface area (Å²) in [5, 5.41) is 12.3. The van der Waals surface area contributed by atoms with Crippen LogP contribution < -0.4 is 5.73 Å². The molecule has 0 radical (unpaired) electrons. The van der Waals surface area contributed by atoms with Gasteiger partial charge in [-0.05, 0) is 37.7 Å². The van der Waals surface area contributed by atoms with Gasteiger partial charge in [0, 0.05) is 13.1 Å². The molecule has 2 rings (SSSR count). The lowest BCUT2D eigenvalue weighted by Crippen LogP contribution is -2.53. The predicted octanol–water partition coefficient (Wildman–Crippen LogP) is 1.74. The summed E-state index contributed by atoms with van der Waals surface area (Å²) in [6.45, 7) is 1.40. The Morgan fingerprint density at radius 3 is 2.65 bits per heavy atom. The lowest BCUT2D eigenvalue weighted by molar-refractivity contribution is -0.131. The summed E-state index contributed by atoms with van der Waals surface area (Å²) >= 11 is 3.41. The third kappa shape index (κ3) is 3.19. The van der Waals surface area contributed by atoms with Crippen LogP contribution in [0.5, 0.6) is 0 Å². The van der Waals surface area contributed by atoms with E-state index in [0.717, 1.165) is 31.4 Å². The second-order valence-corrected chi connectivity index (χ2v) is 7.86. The van der Waals surface area contributed by atoms with Crippen LogP contribution in [0.15, 0.2) is 5.16 Å². The molecule has 2 aliphatic rings. The molecule has 5 nitrogen and oxygen atoms in total. The first-order valence-corrected chi connectivity index (χ1v) is 9.34. The van der Waals surface area contributed by atoms with Gasteiger partial charge in [-0.3, -0.25) is 4.79 Å². The van der Waals surface area contributed by atoms with Gasteiger partial charge in [0.05, 0.1) is 10.00 Å². The molecule has 2 saturated heterocycles. The van der Waals surface area contributed by atoms with Crippen molar-refractivity contribution in [1.82, 2.24) is 4.90 Å². The van der Waals surface area contributed by atoms with Crippen molar-refractivity contribution in [2.75, 3.05) is 25.1 Å². The fraction of sp³-hybridized carbons (Fsp3) is 0.846. The Bertz CT molecular complexity index is 376. The van der Waals surface area contributed by atoms with Crippen molar-refractivity contribution in [1.29, 1.82) is 0 Å². The van der Waals surface area contributed by atoms with Crippen molar-refractivity contribution in [3.05, 3.63) is 0 Å². The normalized spacial score (nSPS) is 27.4. The Hall–Kier alpha value is -0.560. The molecule has 7 heteroatoms. The van der Waals surface area contributed by atoms with Gasteiger partial charge in [-0.25, -0.2) is 0 Å². The molecule has 0 aromatic heterocycles. The van der Waals surface area contributed by atoms with Gasteiger partial charge in [-0.2, -0.15) is 11.8 Å². The fourth-order valence-electron chi connectivity index (χ4n) is 2.88. The van der Waals surface area contributed by atoms with Crippen molar-refractivity contribution in [3.63, 3.8) is 0 Å². The number of nitrogens with two attached hydrogens (primary N) is 1. The average Bonchev–Trinajstić information content (AvgIpc) is 2.54. The highest BCUT2D eigenvalue weighted by atomic mass is 32.2. The quantitative estimate of drug-likeness (QED) is 0.359. The van der Waals surface area contributed by atoms with Crippen LogP contribution in [-0.2, 0) is 4.79 Å². The molecule has 0 saturated carbocycles. The number of amidine groups is 1. The van der Waals surface area contributed by atoms with Crippen LogP contribution in [0, 0.1) is 0 Å². The lowest BCUT2D eigenvalue weighted by atomic mass is 9.94. The number of rotatable bonds is 3. The molecule has 2 aliphatic heterocycles. The van der Waals surface area contributed by atoms with E-state index >= 15 is 0 Å². The summed E-state index contributed by atoms with van der Waals surface area (Å²) in [5.74, 6) is 1.66. The molecule has 20 heavy (non-hydrogen) atoms. The maximum Gasteiger partial charge on any atom is 0.235 e. The topological polar surface area (TPSA) is 78.9 Å². The van der Waals surface area contributed by atoms with E-state index in [1.807, 2.05) is 11.2 Å². The number of piperidine rings is 1. The van der Waals surface area contributed by atoms with E-state index in [9.17, 15) is 4.79 Å². The zero-order valence-electron chi connectivity index (χ0n) is 11.9. The average molecular weight is 317 g/mol. The van der Waals surface area contributed by atoms with Crippen molar-refractivity contribution < 1.29 is 10.0 Å². The highest BCUT2D eigenvalue weighted by Gasteiger charge is 2.40. The summed E-state index contributed by atoms with van der Waals surface area (Å²) in [5.41, 5.74) is 5.83. The number of oxime groups is 1. The molecule has 0 bridgehead atoms. The van der Waals surface area contributed by atoms with Crippen LogP contribution in [-0.4, -0.2) is 56.9 Å². The van der Waals surface area contributed by atoms with Crippen molar-refractivity contribution in [2.24, 2.45) is 10.9 Å². The first-order chi connectivity index (χ1) is 9.63. The Balaban J connectivity index is 1.94. The first-order valence-electron chi connectivity index (χ1n) is 7.06. The number of carbonyl (C=O) groups excluding carboxylic acids is 1. The zero-order valence-corrected chi connectivity index (χ0v) is 13.5. The van der Waals surface area contributed by atoms with Crippen molar-refractivity contribution in [3.8, 4) is 0 Å².